The molecule has 1 unspecified atom stereocenters. The van der Waals surface area contributed by atoms with Gasteiger partial charge in [-0.15, -0.1) is 0 Å². The SMILES string of the molecule is COc1[c]cc(Cc2cnc(N)nc2N)c(N2CCc3ccccc3C2c2ccc(Cl)nc2)c1OC. The average molecular weight is 502 g/mol. The molecule has 3 heterocycles. The number of hydrogen-bond acceptors (Lipinski definition) is 8. The van der Waals surface area contributed by atoms with Gasteiger partial charge in [-0.05, 0) is 40.8 Å². The Morgan fingerprint density at radius 2 is 1.89 bits per heavy atom. The number of nitrogens with zero attached hydrogens (tertiary/aromatic N) is 4. The molecule has 1 aliphatic heterocycles. The molecule has 2 aromatic heterocycles. The molecule has 36 heavy (non-hydrogen) atoms. The van der Waals surface area contributed by atoms with Crippen molar-refractivity contribution in [2.24, 2.45) is 0 Å². The minimum Gasteiger partial charge on any atom is -0.492 e. The third-order valence-corrected chi connectivity index (χ3v) is 6.67. The molecule has 0 aliphatic carbocycles. The summed E-state index contributed by atoms with van der Waals surface area (Å²) >= 11 is 6.13. The first-order valence-corrected chi connectivity index (χ1v) is 11.9. The zero-order valence-corrected chi connectivity index (χ0v) is 20.8. The molecule has 2 aromatic carbocycles. The Morgan fingerprint density at radius 1 is 1.06 bits per heavy atom. The number of fused-ring (bicyclic) bond motifs is 1. The van der Waals surface area contributed by atoms with Crippen LogP contribution in [0.5, 0.6) is 11.5 Å². The molecule has 0 spiro atoms. The van der Waals surface area contributed by atoms with Crippen LogP contribution in [0.15, 0.2) is 54.9 Å². The summed E-state index contributed by atoms with van der Waals surface area (Å²) in [6, 6.07) is 17.3. The lowest BCUT2D eigenvalue weighted by molar-refractivity contribution is 0.353. The first kappa shape index (κ1) is 23.7. The molecule has 4 N–H and O–H groups in total. The second-order valence-corrected chi connectivity index (χ2v) is 8.89. The molecule has 0 amide bonds. The largest absolute Gasteiger partial charge is 0.492 e. The van der Waals surface area contributed by atoms with Crippen molar-refractivity contribution in [1.82, 2.24) is 15.0 Å². The number of hydrogen-bond donors (Lipinski definition) is 2. The van der Waals surface area contributed by atoms with Gasteiger partial charge in [-0.3, -0.25) is 0 Å². The fourth-order valence-electron chi connectivity index (χ4n) is 4.82. The van der Waals surface area contributed by atoms with Gasteiger partial charge >= 0.3 is 0 Å². The predicted molar refractivity (Wildman–Crippen MR) is 141 cm³/mol. The number of nitrogen functional groups attached to an aromatic ring is 2. The lowest BCUT2D eigenvalue weighted by Gasteiger charge is -2.41. The average Bonchev–Trinajstić information content (AvgIpc) is 2.90. The molecular weight excluding hydrogens is 476 g/mol. The minimum absolute atomic E-state index is 0.125. The van der Waals surface area contributed by atoms with Gasteiger partial charge < -0.3 is 25.8 Å². The molecule has 0 fully saturated rings. The number of aromatic nitrogens is 3. The number of benzene rings is 2. The molecule has 8 nitrogen and oxygen atoms in total. The Bertz CT molecular complexity index is 1400. The summed E-state index contributed by atoms with van der Waals surface area (Å²) in [5, 5.41) is 0.447. The van der Waals surface area contributed by atoms with Gasteiger partial charge in [0, 0.05) is 37.0 Å². The molecule has 0 saturated carbocycles. The molecular formula is C27H26ClN6O2. The van der Waals surface area contributed by atoms with E-state index in [2.05, 4.69) is 50.2 Å². The number of pyridine rings is 1. The van der Waals surface area contributed by atoms with E-state index < -0.39 is 0 Å². The number of ether oxygens (including phenoxy) is 2. The molecule has 1 radical (unpaired) electrons. The number of halogens is 1. The van der Waals surface area contributed by atoms with Crippen molar-refractivity contribution < 1.29 is 9.47 Å². The Hall–Kier alpha value is -4.04. The third kappa shape index (κ3) is 4.35. The first-order chi connectivity index (χ1) is 17.5. The number of methoxy groups -OCH3 is 2. The highest BCUT2D eigenvalue weighted by Gasteiger charge is 2.33. The van der Waals surface area contributed by atoms with Gasteiger partial charge in [0.1, 0.15) is 11.0 Å². The van der Waals surface area contributed by atoms with Crippen LogP contribution in [0.2, 0.25) is 5.15 Å². The van der Waals surface area contributed by atoms with Crippen LogP contribution in [-0.4, -0.2) is 35.7 Å². The third-order valence-electron chi connectivity index (χ3n) is 6.45. The van der Waals surface area contributed by atoms with E-state index in [4.69, 9.17) is 32.5 Å². The van der Waals surface area contributed by atoms with E-state index in [1.807, 2.05) is 24.4 Å². The minimum atomic E-state index is -0.125. The molecule has 1 atom stereocenters. The van der Waals surface area contributed by atoms with Gasteiger partial charge in [0.25, 0.3) is 0 Å². The summed E-state index contributed by atoms with van der Waals surface area (Å²) in [5.41, 5.74) is 18.0. The van der Waals surface area contributed by atoms with Crippen molar-refractivity contribution in [3.8, 4) is 11.5 Å². The van der Waals surface area contributed by atoms with Gasteiger partial charge in [0.05, 0.1) is 25.9 Å². The maximum absolute atomic E-state index is 6.19. The molecule has 5 rings (SSSR count). The summed E-state index contributed by atoms with van der Waals surface area (Å²) < 4.78 is 11.6. The summed E-state index contributed by atoms with van der Waals surface area (Å²) in [5.74, 6) is 1.59. The normalized spacial score (nSPS) is 14.9. The van der Waals surface area contributed by atoms with Gasteiger partial charge in [-0.1, -0.05) is 41.9 Å². The van der Waals surface area contributed by atoms with Crippen molar-refractivity contribution in [3.63, 3.8) is 0 Å². The highest BCUT2D eigenvalue weighted by Crippen LogP contribution is 2.47. The highest BCUT2D eigenvalue weighted by atomic mass is 35.5. The van der Waals surface area contributed by atoms with Crippen molar-refractivity contribution >= 4 is 29.1 Å². The zero-order chi connectivity index (χ0) is 25.2. The van der Waals surface area contributed by atoms with Gasteiger partial charge in [0.15, 0.2) is 11.5 Å². The Balaban J connectivity index is 1.71. The van der Waals surface area contributed by atoms with Crippen LogP contribution >= 0.6 is 11.6 Å². The molecule has 9 heteroatoms. The van der Waals surface area contributed by atoms with E-state index in [-0.39, 0.29) is 12.0 Å². The van der Waals surface area contributed by atoms with Crippen LogP contribution in [0.1, 0.15) is 33.9 Å². The lowest BCUT2D eigenvalue weighted by Crippen LogP contribution is -2.37. The number of rotatable bonds is 6. The van der Waals surface area contributed by atoms with E-state index in [9.17, 15) is 0 Å². The quantitative estimate of drug-likeness (QED) is 0.377. The van der Waals surface area contributed by atoms with Crippen LogP contribution in [-0.2, 0) is 12.8 Å². The van der Waals surface area contributed by atoms with Crippen LogP contribution in [0.25, 0.3) is 0 Å². The molecule has 0 bridgehead atoms. The summed E-state index contributed by atoms with van der Waals surface area (Å²) in [6.07, 6.45) is 4.81. The van der Waals surface area contributed by atoms with Crippen LogP contribution < -0.4 is 25.8 Å². The van der Waals surface area contributed by atoms with Crippen LogP contribution in [0.4, 0.5) is 17.5 Å². The zero-order valence-electron chi connectivity index (χ0n) is 20.0. The molecule has 1 aliphatic rings. The molecule has 183 valence electrons. The topological polar surface area (TPSA) is 112 Å². The summed E-state index contributed by atoms with van der Waals surface area (Å²) in [7, 11) is 3.24. The second kappa shape index (κ2) is 9.91. The molecule has 4 aromatic rings. The fourth-order valence-corrected chi connectivity index (χ4v) is 4.93. The fraction of sp³-hybridized carbons (Fsp3) is 0.222. The Kier molecular flexibility index (Phi) is 6.52. The number of nitrogens with two attached hydrogens (primary N) is 2. The van der Waals surface area contributed by atoms with Gasteiger partial charge in [-0.25, -0.2) is 9.97 Å². The highest BCUT2D eigenvalue weighted by molar-refractivity contribution is 6.29. The van der Waals surface area contributed by atoms with Crippen molar-refractivity contribution in [1.29, 1.82) is 0 Å². The summed E-state index contributed by atoms with van der Waals surface area (Å²) in [6.45, 7) is 0.745. The van der Waals surface area contributed by atoms with Crippen molar-refractivity contribution in [3.05, 3.63) is 93.9 Å². The maximum Gasteiger partial charge on any atom is 0.221 e. The standard InChI is InChI=1S/C27H26ClN6O2/c1-35-21-9-7-17(13-19-15-32-27(30)33-26(19)29)24(25(21)36-2)34-12-11-16-5-3-4-6-20(16)23(34)18-8-10-22(28)31-14-18/h3-8,10,14-15,23H,11-13H2,1-2H3,(H4,29,30,32,33). The van der Waals surface area contributed by atoms with E-state index in [1.165, 1.54) is 11.1 Å². The van der Waals surface area contributed by atoms with Crippen LogP contribution in [0, 0.1) is 6.07 Å². The molecule has 0 saturated heterocycles. The Labute approximate surface area is 214 Å². The van der Waals surface area contributed by atoms with Gasteiger partial charge in [-0.2, -0.15) is 4.98 Å². The maximum atomic E-state index is 6.19. The van der Waals surface area contributed by atoms with Crippen molar-refractivity contribution in [2.45, 2.75) is 18.9 Å². The van der Waals surface area contributed by atoms with E-state index in [1.54, 1.807) is 20.4 Å². The predicted octanol–water partition coefficient (Wildman–Crippen LogP) is 4.25. The van der Waals surface area contributed by atoms with Gasteiger partial charge in [0.2, 0.25) is 5.95 Å². The number of anilines is 3. The smallest absolute Gasteiger partial charge is 0.221 e. The first-order valence-electron chi connectivity index (χ1n) is 11.5. The second-order valence-electron chi connectivity index (χ2n) is 8.50. The van der Waals surface area contributed by atoms with Crippen LogP contribution in [0.3, 0.4) is 0 Å². The van der Waals surface area contributed by atoms with E-state index >= 15 is 0 Å². The van der Waals surface area contributed by atoms with Crippen molar-refractivity contribution in [2.75, 3.05) is 37.1 Å². The summed E-state index contributed by atoms with van der Waals surface area (Å²) in [4.78, 5) is 15.0. The Morgan fingerprint density at radius 3 is 2.61 bits per heavy atom. The van der Waals surface area contributed by atoms with E-state index in [0.29, 0.717) is 28.9 Å². The van der Waals surface area contributed by atoms with E-state index in [0.717, 1.165) is 35.3 Å². The lowest BCUT2D eigenvalue weighted by atomic mass is 9.87. The monoisotopic (exact) mass is 501 g/mol.